The largest absolute Gasteiger partial charge is 0.478 e. The quantitative estimate of drug-likeness (QED) is 0.237. The van der Waals surface area contributed by atoms with Crippen molar-refractivity contribution in [1.29, 1.82) is 0 Å². The molecule has 0 rings (SSSR count). The van der Waals surface area contributed by atoms with Crippen LogP contribution in [-0.4, -0.2) is 47.8 Å². The van der Waals surface area contributed by atoms with Crippen LogP contribution in [0, 0.1) is 0 Å². The van der Waals surface area contributed by atoms with E-state index >= 15 is 0 Å². The molecule has 162 valence electrons. The average molecular weight is 402 g/mol. The molecule has 0 spiro atoms. The van der Waals surface area contributed by atoms with E-state index in [9.17, 15) is 24.3 Å². The SMILES string of the molecule is CCCCCCOC(=O)CC(CC(=O)OCCCCCC)(OC(C)=O)C(=O)O. The minimum absolute atomic E-state index is 0.149. The number of hydrogen-bond donors (Lipinski definition) is 1. The van der Waals surface area contributed by atoms with Gasteiger partial charge in [0.05, 0.1) is 26.1 Å². The van der Waals surface area contributed by atoms with Crippen molar-refractivity contribution in [3.63, 3.8) is 0 Å². The lowest BCUT2D eigenvalue weighted by atomic mass is 9.95. The van der Waals surface area contributed by atoms with Gasteiger partial charge < -0.3 is 19.3 Å². The van der Waals surface area contributed by atoms with Crippen molar-refractivity contribution in [3.05, 3.63) is 0 Å². The molecular formula is C20H34O8. The first-order valence-corrected chi connectivity index (χ1v) is 10.0. The second-order valence-corrected chi connectivity index (χ2v) is 6.81. The van der Waals surface area contributed by atoms with Crippen molar-refractivity contribution in [2.45, 2.75) is 90.6 Å². The van der Waals surface area contributed by atoms with Crippen molar-refractivity contribution >= 4 is 23.9 Å². The fourth-order valence-electron chi connectivity index (χ4n) is 2.60. The zero-order valence-electron chi connectivity index (χ0n) is 17.3. The summed E-state index contributed by atoms with van der Waals surface area (Å²) in [5, 5.41) is 9.56. The number of hydrogen-bond acceptors (Lipinski definition) is 7. The Labute approximate surface area is 166 Å². The molecule has 0 heterocycles. The van der Waals surface area contributed by atoms with Crippen molar-refractivity contribution < 1.29 is 38.5 Å². The van der Waals surface area contributed by atoms with Crippen LogP contribution in [0.5, 0.6) is 0 Å². The molecule has 0 aromatic heterocycles. The summed E-state index contributed by atoms with van der Waals surface area (Å²) in [4.78, 5) is 47.3. The minimum Gasteiger partial charge on any atom is -0.478 e. The Hall–Kier alpha value is -2.12. The van der Waals surface area contributed by atoms with Crippen LogP contribution in [0.3, 0.4) is 0 Å². The second-order valence-electron chi connectivity index (χ2n) is 6.81. The standard InChI is InChI=1S/C20H34O8/c1-4-6-8-10-12-26-17(22)14-20(19(24)25,28-16(3)21)15-18(23)27-13-11-9-7-5-2/h4-15H2,1-3H3,(H,24,25). The lowest BCUT2D eigenvalue weighted by Crippen LogP contribution is -2.47. The van der Waals surface area contributed by atoms with Gasteiger partial charge in [-0.3, -0.25) is 14.4 Å². The number of ether oxygens (including phenoxy) is 3. The highest BCUT2D eigenvalue weighted by Gasteiger charge is 2.47. The van der Waals surface area contributed by atoms with E-state index in [-0.39, 0.29) is 13.2 Å². The molecule has 1 N–H and O–H groups in total. The van der Waals surface area contributed by atoms with Crippen LogP contribution in [0.2, 0.25) is 0 Å². The van der Waals surface area contributed by atoms with Gasteiger partial charge in [-0.1, -0.05) is 52.4 Å². The number of esters is 3. The third-order valence-corrected chi connectivity index (χ3v) is 4.11. The second kappa shape index (κ2) is 14.9. The molecule has 0 aliphatic rings. The van der Waals surface area contributed by atoms with E-state index in [0.29, 0.717) is 12.8 Å². The molecule has 0 atom stereocenters. The van der Waals surface area contributed by atoms with E-state index in [1.165, 1.54) is 0 Å². The van der Waals surface area contributed by atoms with Crippen LogP contribution in [0.15, 0.2) is 0 Å². The lowest BCUT2D eigenvalue weighted by molar-refractivity contribution is -0.186. The number of rotatable bonds is 16. The Morgan fingerprint density at radius 3 is 1.50 bits per heavy atom. The predicted molar refractivity (Wildman–Crippen MR) is 102 cm³/mol. The number of carboxylic acid groups (broad SMARTS) is 1. The normalized spacial score (nSPS) is 11.0. The molecule has 0 amide bonds. The number of carboxylic acids is 1. The Bertz CT molecular complexity index is 472. The average Bonchev–Trinajstić information content (AvgIpc) is 2.60. The molecule has 0 bridgehead atoms. The molecule has 0 unspecified atom stereocenters. The van der Waals surface area contributed by atoms with Crippen LogP contribution in [-0.2, 0) is 33.4 Å². The summed E-state index contributed by atoms with van der Waals surface area (Å²) >= 11 is 0. The Balaban J connectivity index is 4.82. The van der Waals surface area contributed by atoms with Gasteiger partial charge in [-0.05, 0) is 12.8 Å². The smallest absolute Gasteiger partial charge is 0.349 e. The molecule has 0 fully saturated rings. The van der Waals surface area contributed by atoms with Crippen molar-refractivity contribution in [3.8, 4) is 0 Å². The maximum absolute atomic E-state index is 12.1. The monoisotopic (exact) mass is 402 g/mol. The molecule has 8 nitrogen and oxygen atoms in total. The molecule has 0 radical (unpaired) electrons. The van der Waals surface area contributed by atoms with E-state index in [0.717, 1.165) is 45.4 Å². The highest BCUT2D eigenvalue weighted by atomic mass is 16.6. The van der Waals surface area contributed by atoms with E-state index in [2.05, 4.69) is 13.8 Å². The van der Waals surface area contributed by atoms with Crippen molar-refractivity contribution in [1.82, 2.24) is 0 Å². The molecule has 0 aliphatic carbocycles. The minimum atomic E-state index is -2.33. The van der Waals surface area contributed by atoms with Gasteiger partial charge in [0.15, 0.2) is 0 Å². The Morgan fingerprint density at radius 1 is 0.750 bits per heavy atom. The predicted octanol–water partition coefficient (Wildman–Crippen LogP) is 3.40. The van der Waals surface area contributed by atoms with Crippen LogP contribution in [0.25, 0.3) is 0 Å². The Kier molecular flexibility index (Phi) is 13.8. The Morgan fingerprint density at radius 2 is 1.18 bits per heavy atom. The molecular weight excluding hydrogens is 368 g/mol. The molecule has 28 heavy (non-hydrogen) atoms. The van der Waals surface area contributed by atoms with Crippen molar-refractivity contribution in [2.24, 2.45) is 0 Å². The van der Waals surface area contributed by atoms with Gasteiger partial charge in [0, 0.05) is 6.92 Å². The summed E-state index contributed by atoms with van der Waals surface area (Å²) in [5.74, 6) is -4.17. The van der Waals surface area contributed by atoms with Crippen molar-refractivity contribution in [2.75, 3.05) is 13.2 Å². The van der Waals surface area contributed by atoms with E-state index < -0.39 is 42.3 Å². The number of unbranched alkanes of at least 4 members (excludes halogenated alkanes) is 6. The van der Waals surface area contributed by atoms with Gasteiger partial charge in [0.2, 0.25) is 5.60 Å². The highest BCUT2D eigenvalue weighted by molar-refractivity contribution is 5.91. The summed E-state index contributed by atoms with van der Waals surface area (Å²) in [6, 6.07) is 0. The first-order valence-electron chi connectivity index (χ1n) is 10.0. The third-order valence-electron chi connectivity index (χ3n) is 4.11. The summed E-state index contributed by atoms with van der Waals surface area (Å²) in [7, 11) is 0. The molecule has 0 aromatic rings. The number of carbonyl (C=O) groups is 4. The third kappa shape index (κ3) is 11.6. The first kappa shape index (κ1) is 25.9. The van der Waals surface area contributed by atoms with Crippen LogP contribution in [0.4, 0.5) is 0 Å². The van der Waals surface area contributed by atoms with Gasteiger partial charge >= 0.3 is 23.9 Å². The molecule has 8 heteroatoms. The topological polar surface area (TPSA) is 116 Å². The van der Waals surface area contributed by atoms with Gasteiger partial charge in [0.25, 0.3) is 0 Å². The van der Waals surface area contributed by atoms with Crippen LogP contribution >= 0.6 is 0 Å². The molecule has 0 saturated carbocycles. The van der Waals surface area contributed by atoms with E-state index in [4.69, 9.17) is 14.2 Å². The maximum atomic E-state index is 12.1. The van der Waals surface area contributed by atoms with E-state index in [1.54, 1.807) is 0 Å². The highest BCUT2D eigenvalue weighted by Crippen LogP contribution is 2.24. The zero-order valence-corrected chi connectivity index (χ0v) is 17.3. The molecule has 0 saturated heterocycles. The summed E-state index contributed by atoms with van der Waals surface area (Å²) in [5.41, 5.74) is -2.33. The summed E-state index contributed by atoms with van der Waals surface area (Å²) in [6.07, 6.45) is 5.68. The fraction of sp³-hybridized carbons (Fsp3) is 0.800. The van der Waals surface area contributed by atoms with Crippen LogP contribution < -0.4 is 0 Å². The van der Waals surface area contributed by atoms with Crippen LogP contribution in [0.1, 0.15) is 85.0 Å². The van der Waals surface area contributed by atoms with Gasteiger partial charge in [-0.25, -0.2) is 4.79 Å². The maximum Gasteiger partial charge on any atom is 0.349 e. The number of aliphatic carboxylic acids is 1. The molecule has 0 aliphatic heterocycles. The van der Waals surface area contributed by atoms with E-state index in [1.807, 2.05) is 0 Å². The van der Waals surface area contributed by atoms with Gasteiger partial charge in [-0.2, -0.15) is 0 Å². The fourth-order valence-corrected chi connectivity index (χ4v) is 2.60. The number of carbonyl (C=O) groups excluding carboxylic acids is 3. The summed E-state index contributed by atoms with van der Waals surface area (Å²) < 4.78 is 15.0. The first-order chi connectivity index (χ1) is 13.3. The summed E-state index contributed by atoms with van der Waals surface area (Å²) in [6.45, 7) is 5.42. The lowest BCUT2D eigenvalue weighted by Gasteiger charge is -2.27. The van der Waals surface area contributed by atoms with Gasteiger partial charge in [0.1, 0.15) is 0 Å². The molecule has 0 aromatic carbocycles. The van der Waals surface area contributed by atoms with Gasteiger partial charge in [-0.15, -0.1) is 0 Å². The zero-order chi connectivity index (χ0) is 21.4.